The largest absolute Gasteiger partial charge is 0.537 e. The fraction of sp³-hybridized carbons (Fsp3) is 1.00. The zero-order chi connectivity index (χ0) is 7.72. The Bertz CT molecular complexity index is 151. The minimum Gasteiger partial charge on any atom is -0.0819 e. The highest BCUT2D eigenvalue weighted by Crippen LogP contribution is 2.35. The van der Waals surface area contributed by atoms with Gasteiger partial charge in [0.1, 0.15) is 0 Å². The van der Waals surface area contributed by atoms with Gasteiger partial charge in [0.2, 0.25) is 0 Å². The quantitative estimate of drug-likeness (QED) is 0.500. The summed E-state index contributed by atoms with van der Waals surface area (Å²) in [6.07, 6.45) is 1.12. The van der Waals surface area contributed by atoms with E-state index < -0.39 is 8.10 Å². The lowest BCUT2D eigenvalue weighted by molar-refractivity contribution is 0.287. The summed E-state index contributed by atoms with van der Waals surface area (Å²) in [4.78, 5) is 0. The molecule has 0 radical (unpaired) electrons. The van der Waals surface area contributed by atoms with Crippen LogP contribution >= 0.6 is 8.10 Å². The first kappa shape index (κ1) is 8.12. The third-order valence-electron chi connectivity index (χ3n) is 2.07. The molecular formula is C6H14N2OP+. The minimum atomic E-state index is -1.24. The molecule has 1 fully saturated rings. The Hall–Kier alpha value is 0.0200. The smallest absolute Gasteiger partial charge is 0.0819 e. The van der Waals surface area contributed by atoms with Crippen LogP contribution in [0.1, 0.15) is 13.3 Å². The van der Waals surface area contributed by atoms with Gasteiger partial charge < -0.3 is 0 Å². The molecule has 1 aliphatic rings. The van der Waals surface area contributed by atoms with Gasteiger partial charge in [-0.15, -0.1) is 0 Å². The Balaban J connectivity index is 2.60. The van der Waals surface area contributed by atoms with Gasteiger partial charge in [-0.3, -0.25) is 0 Å². The molecule has 1 aliphatic heterocycles. The number of hydrogen-bond acceptors (Lipinski definition) is 1. The molecule has 0 aromatic heterocycles. The van der Waals surface area contributed by atoms with E-state index in [0.717, 1.165) is 13.0 Å². The average molecular weight is 161 g/mol. The highest BCUT2D eigenvalue weighted by atomic mass is 31.1. The molecule has 0 saturated carbocycles. The van der Waals surface area contributed by atoms with Crippen molar-refractivity contribution in [2.45, 2.75) is 19.4 Å². The van der Waals surface area contributed by atoms with Crippen molar-refractivity contribution in [3.63, 3.8) is 0 Å². The molecule has 0 amide bonds. The van der Waals surface area contributed by atoms with E-state index in [1.807, 2.05) is 23.4 Å². The van der Waals surface area contributed by atoms with E-state index in [4.69, 9.17) is 0 Å². The fourth-order valence-electron chi connectivity index (χ4n) is 1.06. The molecule has 0 aromatic rings. The van der Waals surface area contributed by atoms with Crippen molar-refractivity contribution >= 4 is 8.10 Å². The molecule has 1 heterocycles. The topological polar surface area (TPSA) is 23.6 Å². The second-order valence-corrected chi connectivity index (χ2v) is 4.66. The van der Waals surface area contributed by atoms with E-state index >= 15 is 0 Å². The Morgan fingerprint density at radius 2 is 2.10 bits per heavy atom. The highest BCUT2D eigenvalue weighted by molar-refractivity contribution is 7.39. The highest BCUT2D eigenvalue weighted by Gasteiger charge is 2.38. The molecule has 2 unspecified atom stereocenters. The van der Waals surface area contributed by atoms with Crippen molar-refractivity contribution in [3.05, 3.63) is 0 Å². The van der Waals surface area contributed by atoms with Gasteiger partial charge >= 0.3 is 8.10 Å². The van der Waals surface area contributed by atoms with Crippen LogP contribution in [0.25, 0.3) is 0 Å². The molecule has 2 atom stereocenters. The monoisotopic (exact) mass is 161 g/mol. The Kier molecular flexibility index (Phi) is 2.40. The zero-order valence-electron chi connectivity index (χ0n) is 6.74. The van der Waals surface area contributed by atoms with Crippen LogP contribution in [0.2, 0.25) is 0 Å². The second kappa shape index (κ2) is 2.95. The van der Waals surface area contributed by atoms with Gasteiger partial charge in [-0.05, 0) is 17.9 Å². The van der Waals surface area contributed by atoms with Crippen molar-refractivity contribution in [1.29, 1.82) is 0 Å². The third-order valence-corrected chi connectivity index (χ3v) is 3.79. The van der Waals surface area contributed by atoms with Crippen LogP contribution in [0.4, 0.5) is 0 Å². The first-order valence-corrected chi connectivity index (χ1v) is 4.70. The normalized spacial score (nSPS) is 34.7. The molecule has 0 spiro atoms. The molecule has 58 valence electrons. The van der Waals surface area contributed by atoms with Crippen molar-refractivity contribution < 1.29 is 4.57 Å². The van der Waals surface area contributed by atoms with Crippen LogP contribution in [0.3, 0.4) is 0 Å². The van der Waals surface area contributed by atoms with Gasteiger partial charge in [-0.1, -0.05) is 9.34 Å². The van der Waals surface area contributed by atoms with Crippen LogP contribution < -0.4 is 0 Å². The Morgan fingerprint density at radius 3 is 2.60 bits per heavy atom. The summed E-state index contributed by atoms with van der Waals surface area (Å²) in [5.74, 6) is 0. The first-order chi connectivity index (χ1) is 4.63. The Labute approximate surface area is 62.9 Å². The first-order valence-electron chi connectivity index (χ1n) is 3.54. The number of nitrogens with zero attached hydrogens (tertiary/aromatic N) is 2. The van der Waals surface area contributed by atoms with Gasteiger partial charge in [0, 0.05) is 20.6 Å². The van der Waals surface area contributed by atoms with Gasteiger partial charge in [0.15, 0.2) is 0 Å². The molecule has 0 aliphatic carbocycles. The molecule has 1 rings (SSSR count). The third kappa shape index (κ3) is 1.36. The summed E-state index contributed by atoms with van der Waals surface area (Å²) in [6, 6.07) is 0.472. The van der Waals surface area contributed by atoms with Crippen LogP contribution in [0.15, 0.2) is 0 Å². The van der Waals surface area contributed by atoms with Gasteiger partial charge in [-0.25, -0.2) is 0 Å². The standard InChI is InChI=1S/C6H14N2OP/c1-6-4-5-7(2)10(9)8(6)3/h6H,4-5H2,1-3H3/q+1. The van der Waals surface area contributed by atoms with E-state index in [9.17, 15) is 4.57 Å². The summed E-state index contributed by atoms with van der Waals surface area (Å²) in [5.41, 5.74) is 0. The zero-order valence-corrected chi connectivity index (χ0v) is 7.64. The van der Waals surface area contributed by atoms with E-state index in [0.29, 0.717) is 6.04 Å². The molecule has 3 nitrogen and oxygen atoms in total. The summed E-state index contributed by atoms with van der Waals surface area (Å²) >= 11 is 0. The van der Waals surface area contributed by atoms with Gasteiger partial charge in [-0.2, -0.15) is 0 Å². The van der Waals surface area contributed by atoms with Crippen molar-refractivity contribution in [2.75, 3.05) is 20.6 Å². The number of hydrogen-bond donors (Lipinski definition) is 0. The van der Waals surface area contributed by atoms with Crippen LogP contribution in [-0.4, -0.2) is 36.0 Å². The minimum absolute atomic E-state index is 0.472. The van der Waals surface area contributed by atoms with E-state index in [1.165, 1.54) is 0 Å². The maximum absolute atomic E-state index is 11.3. The van der Waals surface area contributed by atoms with Crippen molar-refractivity contribution in [3.8, 4) is 0 Å². The lowest BCUT2D eigenvalue weighted by Gasteiger charge is -2.22. The van der Waals surface area contributed by atoms with Gasteiger partial charge in [0.25, 0.3) is 0 Å². The Morgan fingerprint density at radius 1 is 1.50 bits per heavy atom. The average Bonchev–Trinajstić information content (AvgIpc) is 1.93. The predicted octanol–water partition coefficient (Wildman–Crippen LogP) is 1.30. The van der Waals surface area contributed by atoms with Crippen LogP contribution in [-0.2, 0) is 4.57 Å². The SMILES string of the molecule is CC1CCN(C)[P+](=O)N1C. The molecule has 0 aromatic carbocycles. The fourth-order valence-corrected chi connectivity index (χ4v) is 2.28. The van der Waals surface area contributed by atoms with E-state index in [2.05, 4.69) is 6.92 Å². The van der Waals surface area contributed by atoms with E-state index in [-0.39, 0.29) is 0 Å². The van der Waals surface area contributed by atoms with Crippen LogP contribution in [0.5, 0.6) is 0 Å². The van der Waals surface area contributed by atoms with E-state index in [1.54, 1.807) is 0 Å². The second-order valence-electron chi connectivity index (χ2n) is 2.85. The summed E-state index contributed by atoms with van der Waals surface area (Å²) in [7, 11) is 2.58. The lowest BCUT2D eigenvalue weighted by atomic mass is 10.2. The maximum Gasteiger partial charge on any atom is 0.537 e. The van der Waals surface area contributed by atoms with Crippen LogP contribution in [0, 0.1) is 0 Å². The van der Waals surface area contributed by atoms with Crippen molar-refractivity contribution in [2.24, 2.45) is 0 Å². The van der Waals surface area contributed by atoms with Gasteiger partial charge in [0.05, 0.1) is 6.04 Å². The molecule has 10 heavy (non-hydrogen) atoms. The lowest BCUT2D eigenvalue weighted by Crippen LogP contribution is -2.35. The summed E-state index contributed by atoms with van der Waals surface area (Å²) in [5, 5.41) is 0. The molecule has 0 bridgehead atoms. The van der Waals surface area contributed by atoms with Crippen molar-refractivity contribution in [1.82, 2.24) is 9.34 Å². The maximum atomic E-state index is 11.3. The summed E-state index contributed by atoms with van der Waals surface area (Å²) < 4.78 is 15.2. The molecule has 1 saturated heterocycles. The molecule has 0 N–H and O–H groups in total. The summed E-state index contributed by atoms with van der Waals surface area (Å²) in [6.45, 7) is 3.07. The number of rotatable bonds is 0. The molecule has 4 heteroatoms. The predicted molar refractivity (Wildman–Crippen MR) is 42.1 cm³/mol. The molecular weight excluding hydrogens is 147 g/mol.